The van der Waals surface area contributed by atoms with Gasteiger partial charge in [0.2, 0.25) is 5.91 Å². The Bertz CT molecular complexity index is 1270. The Morgan fingerprint density at radius 1 is 1.16 bits per heavy atom. The highest BCUT2D eigenvalue weighted by molar-refractivity contribution is 8.00. The largest absolute Gasteiger partial charge is 0.497 e. The number of benzene rings is 1. The van der Waals surface area contributed by atoms with Gasteiger partial charge in [0.15, 0.2) is 0 Å². The summed E-state index contributed by atoms with van der Waals surface area (Å²) in [5.74, 6) is 0.872. The van der Waals surface area contributed by atoms with Gasteiger partial charge in [-0.05, 0) is 24.1 Å². The summed E-state index contributed by atoms with van der Waals surface area (Å²) in [6, 6.07) is 5.11. The number of nitrogens with one attached hydrogen (secondary N) is 1. The molecule has 0 saturated carbocycles. The highest BCUT2D eigenvalue weighted by Crippen LogP contribution is 2.31. The van der Waals surface area contributed by atoms with Crippen molar-refractivity contribution in [2.75, 3.05) is 25.3 Å². The number of amides is 1. The monoisotopic (exact) mass is 444 g/mol. The third-order valence-electron chi connectivity index (χ3n) is 4.90. The Morgan fingerprint density at radius 2 is 1.90 bits per heavy atom. The van der Waals surface area contributed by atoms with Gasteiger partial charge in [-0.3, -0.25) is 18.7 Å². The van der Waals surface area contributed by atoms with Crippen LogP contribution in [0.4, 0.5) is 5.69 Å². The van der Waals surface area contributed by atoms with Crippen molar-refractivity contribution in [1.29, 1.82) is 0 Å². The normalized spacial score (nSPS) is 10.9. The van der Waals surface area contributed by atoms with Crippen LogP contribution in [0, 0.1) is 0 Å². The van der Waals surface area contributed by atoms with Crippen molar-refractivity contribution in [3.05, 3.63) is 50.8 Å². The van der Waals surface area contributed by atoms with Crippen LogP contribution >= 0.6 is 11.8 Å². The van der Waals surface area contributed by atoms with Crippen molar-refractivity contribution in [2.45, 2.75) is 18.2 Å². The van der Waals surface area contributed by atoms with Crippen LogP contribution in [-0.4, -0.2) is 40.0 Å². The van der Waals surface area contributed by atoms with Crippen molar-refractivity contribution >= 4 is 34.4 Å². The van der Waals surface area contributed by atoms with Gasteiger partial charge in [-0.15, -0.1) is 11.8 Å². The van der Waals surface area contributed by atoms with E-state index in [1.807, 2.05) is 6.92 Å². The van der Waals surface area contributed by atoms with Crippen molar-refractivity contribution in [3.63, 3.8) is 0 Å². The molecule has 164 valence electrons. The number of pyridine rings is 1. The zero-order valence-electron chi connectivity index (χ0n) is 18.0. The lowest BCUT2D eigenvalue weighted by atomic mass is 10.2. The summed E-state index contributed by atoms with van der Waals surface area (Å²) >= 11 is 1.24. The molecule has 2 aromatic heterocycles. The Hall–Kier alpha value is -3.27. The Kier molecular flexibility index (Phi) is 6.69. The van der Waals surface area contributed by atoms with E-state index in [9.17, 15) is 14.4 Å². The van der Waals surface area contributed by atoms with Gasteiger partial charge in [-0.2, -0.15) is 0 Å². The van der Waals surface area contributed by atoms with Gasteiger partial charge in [0, 0.05) is 31.3 Å². The lowest BCUT2D eigenvalue weighted by molar-refractivity contribution is -0.113. The summed E-state index contributed by atoms with van der Waals surface area (Å²) in [6.45, 7) is 1.94. The number of hydrogen-bond donors (Lipinski definition) is 1. The number of ether oxygens (including phenoxy) is 2. The molecule has 1 N–H and O–H groups in total. The Balaban J connectivity index is 1.95. The molecule has 0 atom stereocenters. The molecule has 0 aliphatic rings. The first-order chi connectivity index (χ1) is 14.8. The summed E-state index contributed by atoms with van der Waals surface area (Å²) in [4.78, 5) is 42.7. The van der Waals surface area contributed by atoms with Gasteiger partial charge >= 0.3 is 5.69 Å². The molecule has 0 fully saturated rings. The predicted molar refractivity (Wildman–Crippen MR) is 121 cm³/mol. The average Bonchev–Trinajstić information content (AvgIpc) is 2.79. The molecule has 0 saturated heterocycles. The van der Waals surface area contributed by atoms with E-state index in [1.54, 1.807) is 31.4 Å². The van der Waals surface area contributed by atoms with Gasteiger partial charge in [-0.1, -0.05) is 6.92 Å². The molecule has 1 amide bonds. The molecule has 3 aromatic rings. The quantitative estimate of drug-likeness (QED) is 0.555. The number of aromatic nitrogens is 3. The standard InChI is InChI=1S/C21H24N4O5S/c1-6-12-10-22-19-17(20(27)25(3)21(28)24(19)2)18(12)31-11-16(26)23-14-9-13(29-4)7-8-15(14)30-5/h7-10H,6,11H2,1-5H3,(H,23,26). The van der Waals surface area contributed by atoms with Crippen LogP contribution in [0.1, 0.15) is 12.5 Å². The maximum Gasteiger partial charge on any atom is 0.332 e. The van der Waals surface area contributed by atoms with Gasteiger partial charge in [0.1, 0.15) is 17.1 Å². The van der Waals surface area contributed by atoms with Crippen LogP contribution in [0.3, 0.4) is 0 Å². The number of fused-ring (bicyclic) bond motifs is 1. The fourth-order valence-electron chi connectivity index (χ4n) is 3.19. The first kappa shape index (κ1) is 22.4. The van der Waals surface area contributed by atoms with Crippen LogP contribution in [0.25, 0.3) is 11.0 Å². The molecule has 0 spiro atoms. The zero-order chi connectivity index (χ0) is 22.7. The van der Waals surface area contributed by atoms with E-state index in [0.29, 0.717) is 39.5 Å². The molecule has 0 aliphatic heterocycles. The second-order valence-corrected chi connectivity index (χ2v) is 7.76. The molecule has 0 aliphatic carbocycles. The summed E-state index contributed by atoms with van der Waals surface area (Å²) in [5, 5.41) is 3.15. The van der Waals surface area contributed by atoms with E-state index in [1.165, 1.54) is 37.6 Å². The van der Waals surface area contributed by atoms with Crippen LogP contribution in [0.2, 0.25) is 0 Å². The number of carbonyl (C=O) groups excluding carboxylic acids is 1. The van der Waals surface area contributed by atoms with E-state index in [0.717, 1.165) is 10.1 Å². The molecule has 9 nitrogen and oxygen atoms in total. The number of anilines is 1. The van der Waals surface area contributed by atoms with Gasteiger partial charge in [0.05, 0.1) is 31.0 Å². The molecule has 0 unspecified atom stereocenters. The van der Waals surface area contributed by atoms with Crippen molar-refractivity contribution in [2.24, 2.45) is 14.1 Å². The number of carbonyl (C=O) groups is 1. The second kappa shape index (κ2) is 9.25. The average molecular weight is 445 g/mol. The molecule has 31 heavy (non-hydrogen) atoms. The highest BCUT2D eigenvalue weighted by Gasteiger charge is 2.18. The van der Waals surface area contributed by atoms with Gasteiger partial charge in [-0.25, -0.2) is 9.78 Å². The highest BCUT2D eigenvalue weighted by atomic mass is 32.2. The number of aryl methyl sites for hydroxylation is 2. The minimum Gasteiger partial charge on any atom is -0.497 e. The molecule has 0 bridgehead atoms. The topological polar surface area (TPSA) is 104 Å². The predicted octanol–water partition coefficient (Wildman–Crippen LogP) is 1.94. The maximum absolute atomic E-state index is 12.8. The van der Waals surface area contributed by atoms with Crippen LogP contribution in [-0.2, 0) is 25.3 Å². The summed E-state index contributed by atoms with van der Waals surface area (Å²) in [5.41, 5.74) is 0.732. The number of thioether (sulfide) groups is 1. The number of rotatable bonds is 7. The minimum absolute atomic E-state index is 0.0540. The molecular weight excluding hydrogens is 420 g/mol. The van der Waals surface area contributed by atoms with E-state index in [-0.39, 0.29) is 11.7 Å². The van der Waals surface area contributed by atoms with Gasteiger partial charge in [0.25, 0.3) is 5.56 Å². The smallest absolute Gasteiger partial charge is 0.332 e. The SMILES string of the molecule is CCc1cnc2c(c1SCC(=O)Nc1cc(OC)ccc1OC)c(=O)n(C)c(=O)n2C. The zero-order valence-corrected chi connectivity index (χ0v) is 18.8. The molecular formula is C21H24N4O5S. The van der Waals surface area contributed by atoms with Crippen molar-refractivity contribution < 1.29 is 14.3 Å². The van der Waals surface area contributed by atoms with Gasteiger partial charge < -0.3 is 14.8 Å². The second-order valence-electron chi connectivity index (χ2n) is 6.77. The summed E-state index contributed by atoms with van der Waals surface area (Å²) in [6.07, 6.45) is 2.27. The van der Waals surface area contributed by atoms with Crippen molar-refractivity contribution in [3.8, 4) is 11.5 Å². The Morgan fingerprint density at radius 3 is 2.55 bits per heavy atom. The minimum atomic E-state index is -0.451. The van der Waals surface area contributed by atoms with Crippen LogP contribution < -0.4 is 26.0 Å². The molecule has 10 heteroatoms. The molecule has 0 radical (unpaired) electrons. The van der Waals surface area contributed by atoms with Crippen LogP contribution in [0.15, 0.2) is 38.9 Å². The van der Waals surface area contributed by atoms with E-state index < -0.39 is 11.2 Å². The third kappa shape index (κ3) is 4.29. The summed E-state index contributed by atoms with van der Waals surface area (Å²) in [7, 11) is 6.05. The van der Waals surface area contributed by atoms with Crippen LogP contribution in [0.5, 0.6) is 11.5 Å². The maximum atomic E-state index is 12.8. The van der Waals surface area contributed by atoms with E-state index in [4.69, 9.17) is 9.47 Å². The lowest BCUT2D eigenvalue weighted by Gasteiger charge is -2.14. The van der Waals surface area contributed by atoms with E-state index >= 15 is 0 Å². The molecule has 3 rings (SSSR count). The van der Waals surface area contributed by atoms with Crippen molar-refractivity contribution in [1.82, 2.24) is 14.1 Å². The number of methoxy groups -OCH3 is 2. The fourth-order valence-corrected chi connectivity index (χ4v) is 4.25. The first-order valence-electron chi connectivity index (χ1n) is 9.54. The molecule has 1 aromatic carbocycles. The lowest BCUT2D eigenvalue weighted by Crippen LogP contribution is -2.37. The third-order valence-corrected chi connectivity index (χ3v) is 6.07. The Labute approximate surface area is 183 Å². The summed E-state index contributed by atoms with van der Waals surface area (Å²) < 4.78 is 12.9. The number of nitrogens with zero attached hydrogens (tertiary/aromatic N) is 3. The first-order valence-corrected chi connectivity index (χ1v) is 10.5. The fraction of sp³-hybridized carbons (Fsp3) is 0.333. The number of hydrogen-bond acceptors (Lipinski definition) is 7. The molecule has 2 heterocycles. The van der Waals surface area contributed by atoms with E-state index in [2.05, 4.69) is 10.3 Å².